The second-order valence-corrected chi connectivity index (χ2v) is 5.64. The molecule has 0 aromatic heterocycles. The zero-order valence-electron chi connectivity index (χ0n) is 11.2. The third kappa shape index (κ3) is 5.02. The number of carboxylic acids is 1. The molecule has 0 radical (unpaired) electrons. The molecule has 1 atom stereocenters. The van der Waals surface area contributed by atoms with Crippen molar-refractivity contribution in [2.75, 3.05) is 5.32 Å². The standard InChI is InChI=1S/C13H16BrClN2O3/c1-3-8(5-12(18)19)16-13(20)17-11-6-10(15)7(2)4-9(11)14/h4,6,8H,3,5H2,1-2H3,(H,18,19)(H2,16,17,20). The Hall–Kier alpha value is -1.27. The summed E-state index contributed by atoms with van der Waals surface area (Å²) in [5.41, 5.74) is 1.42. The fraction of sp³-hybridized carbons (Fsp3) is 0.385. The highest BCUT2D eigenvalue weighted by atomic mass is 79.9. The van der Waals surface area contributed by atoms with E-state index in [0.29, 0.717) is 21.6 Å². The van der Waals surface area contributed by atoms with E-state index in [9.17, 15) is 9.59 Å². The Labute approximate surface area is 130 Å². The van der Waals surface area contributed by atoms with Crippen molar-refractivity contribution in [1.82, 2.24) is 5.32 Å². The molecule has 5 nitrogen and oxygen atoms in total. The summed E-state index contributed by atoms with van der Waals surface area (Å²) < 4.78 is 0.709. The Morgan fingerprint density at radius 1 is 1.45 bits per heavy atom. The SMILES string of the molecule is CCC(CC(=O)O)NC(=O)Nc1cc(Cl)c(C)cc1Br. The van der Waals surface area contributed by atoms with Gasteiger partial charge >= 0.3 is 12.0 Å². The third-order valence-corrected chi connectivity index (χ3v) is 3.81. The third-order valence-electron chi connectivity index (χ3n) is 2.75. The summed E-state index contributed by atoms with van der Waals surface area (Å²) in [4.78, 5) is 22.5. The first-order valence-electron chi connectivity index (χ1n) is 6.08. The molecule has 1 rings (SSSR count). The van der Waals surface area contributed by atoms with Crippen molar-refractivity contribution in [3.8, 4) is 0 Å². The minimum Gasteiger partial charge on any atom is -0.481 e. The van der Waals surface area contributed by atoms with E-state index in [4.69, 9.17) is 16.7 Å². The molecule has 0 aliphatic carbocycles. The largest absolute Gasteiger partial charge is 0.481 e. The van der Waals surface area contributed by atoms with Crippen molar-refractivity contribution in [3.05, 3.63) is 27.2 Å². The highest BCUT2D eigenvalue weighted by molar-refractivity contribution is 9.10. The lowest BCUT2D eigenvalue weighted by molar-refractivity contribution is -0.137. The van der Waals surface area contributed by atoms with Gasteiger partial charge in [-0.05, 0) is 47.0 Å². The van der Waals surface area contributed by atoms with Gasteiger partial charge in [0, 0.05) is 15.5 Å². The topological polar surface area (TPSA) is 78.4 Å². The highest BCUT2D eigenvalue weighted by Crippen LogP contribution is 2.29. The number of aryl methyl sites for hydroxylation is 1. The van der Waals surface area contributed by atoms with Crippen LogP contribution in [0.2, 0.25) is 5.02 Å². The van der Waals surface area contributed by atoms with E-state index in [1.165, 1.54) is 0 Å². The summed E-state index contributed by atoms with van der Waals surface area (Å²) in [6, 6.07) is 2.57. The molecule has 0 bridgehead atoms. The van der Waals surface area contributed by atoms with Crippen LogP contribution in [0.4, 0.5) is 10.5 Å². The number of hydrogen-bond acceptors (Lipinski definition) is 2. The van der Waals surface area contributed by atoms with E-state index >= 15 is 0 Å². The summed E-state index contributed by atoms with van der Waals surface area (Å²) in [6.45, 7) is 3.67. The first-order valence-corrected chi connectivity index (χ1v) is 7.25. The van der Waals surface area contributed by atoms with Crippen molar-refractivity contribution in [3.63, 3.8) is 0 Å². The fourth-order valence-electron chi connectivity index (χ4n) is 1.59. The number of carboxylic acid groups (broad SMARTS) is 1. The Bertz CT molecular complexity index is 523. The molecule has 1 aromatic rings. The molecule has 0 spiro atoms. The molecule has 0 fully saturated rings. The lowest BCUT2D eigenvalue weighted by Crippen LogP contribution is -2.38. The Morgan fingerprint density at radius 2 is 2.10 bits per heavy atom. The summed E-state index contributed by atoms with van der Waals surface area (Å²) in [6.07, 6.45) is 0.426. The minimum absolute atomic E-state index is 0.111. The van der Waals surface area contributed by atoms with Crippen LogP contribution in [0.1, 0.15) is 25.3 Å². The van der Waals surface area contributed by atoms with Crippen molar-refractivity contribution >= 4 is 45.2 Å². The number of amides is 2. The van der Waals surface area contributed by atoms with Gasteiger partial charge in [-0.2, -0.15) is 0 Å². The molecular weight excluding hydrogens is 348 g/mol. The molecule has 7 heteroatoms. The van der Waals surface area contributed by atoms with Gasteiger partial charge in [-0.1, -0.05) is 18.5 Å². The van der Waals surface area contributed by atoms with Crippen molar-refractivity contribution < 1.29 is 14.7 Å². The number of urea groups is 1. The molecule has 0 aliphatic rings. The molecule has 0 saturated heterocycles. The van der Waals surface area contributed by atoms with Gasteiger partial charge in [0.25, 0.3) is 0 Å². The second-order valence-electron chi connectivity index (χ2n) is 4.38. The van der Waals surface area contributed by atoms with Crippen LogP contribution in [0.5, 0.6) is 0 Å². The fourth-order valence-corrected chi connectivity index (χ4v) is 2.31. The molecule has 0 heterocycles. The average Bonchev–Trinajstić information content (AvgIpc) is 2.34. The van der Waals surface area contributed by atoms with E-state index in [-0.39, 0.29) is 6.42 Å². The number of rotatable bonds is 5. The molecule has 2 amide bonds. The van der Waals surface area contributed by atoms with Gasteiger partial charge in [-0.25, -0.2) is 4.79 Å². The lowest BCUT2D eigenvalue weighted by Gasteiger charge is -2.16. The Kier molecular flexibility index (Phi) is 6.29. The zero-order chi connectivity index (χ0) is 15.3. The van der Waals surface area contributed by atoms with Gasteiger partial charge in [0.2, 0.25) is 0 Å². The van der Waals surface area contributed by atoms with Gasteiger partial charge in [-0.15, -0.1) is 0 Å². The first-order chi connectivity index (χ1) is 9.33. The molecule has 0 saturated carbocycles. The quantitative estimate of drug-likeness (QED) is 0.745. The number of anilines is 1. The van der Waals surface area contributed by atoms with Gasteiger partial charge in [0.05, 0.1) is 12.1 Å². The number of benzene rings is 1. The van der Waals surface area contributed by atoms with E-state index in [2.05, 4.69) is 26.6 Å². The molecular formula is C13H16BrClN2O3. The van der Waals surface area contributed by atoms with Crippen LogP contribution in [0, 0.1) is 6.92 Å². The number of nitrogens with one attached hydrogen (secondary N) is 2. The summed E-state index contributed by atoms with van der Waals surface area (Å²) >= 11 is 9.34. The molecule has 1 aromatic carbocycles. The van der Waals surface area contributed by atoms with Crippen LogP contribution >= 0.6 is 27.5 Å². The van der Waals surface area contributed by atoms with Crippen LogP contribution in [-0.2, 0) is 4.79 Å². The van der Waals surface area contributed by atoms with E-state index < -0.39 is 18.0 Å². The maximum Gasteiger partial charge on any atom is 0.319 e. The van der Waals surface area contributed by atoms with Crippen LogP contribution < -0.4 is 10.6 Å². The maximum absolute atomic E-state index is 11.8. The lowest BCUT2D eigenvalue weighted by atomic mass is 10.1. The molecule has 0 aliphatic heterocycles. The summed E-state index contributed by atoms with van der Waals surface area (Å²) in [5.74, 6) is -0.947. The van der Waals surface area contributed by atoms with Gasteiger partial charge < -0.3 is 15.7 Å². The summed E-state index contributed by atoms with van der Waals surface area (Å²) in [7, 11) is 0. The monoisotopic (exact) mass is 362 g/mol. The van der Waals surface area contributed by atoms with E-state index in [1.54, 1.807) is 12.1 Å². The number of halogens is 2. The highest BCUT2D eigenvalue weighted by Gasteiger charge is 2.15. The van der Waals surface area contributed by atoms with Crippen LogP contribution in [0.25, 0.3) is 0 Å². The van der Waals surface area contributed by atoms with E-state index in [1.807, 2.05) is 13.8 Å². The average molecular weight is 364 g/mol. The predicted molar refractivity (Wildman–Crippen MR) is 82.4 cm³/mol. The van der Waals surface area contributed by atoms with E-state index in [0.717, 1.165) is 5.56 Å². The van der Waals surface area contributed by atoms with Crippen molar-refractivity contribution in [2.24, 2.45) is 0 Å². The molecule has 110 valence electrons. The second kappa shape index (κ2) is 7.50. The first kappa shape index (κ1) is 16.8. The summed E-state index contributed by atoms with van der Waals surface area (Å²) in [5, 5.41) is 14.5. The molecule has 1 unspecified atom stereocenters. The number of hydrogen-bond donors (Lipinski definition) is 3. The Morgan fingerprint density at radius 3 is 2.65 bits per heavy atom. The minimum atomic E-state index is -0.947. The van der Waals surface area contributed by atoms with Crippen LogP contribution in [-0.4, -0.2) is 23.1 Å². The normalized spacial score (nSPS) is 11.8. The number of carbonyl (C=O) groups is 2. The van der Waals surface area contributed by atoms with Gasteiger partial charge in [0.15, 0.2) is 0 Å². The smallest absolute Gasteiger partial charge is 0.319 e. The van der Waals surface area contributed by atoms with Crippen molar-refractivity contribution in [2.45, 2.75) is 32.7 Å². The van der Waals surface area contributed by atoms with Crippen molar-refractivity contribution in [1.29, 1.82) is 0 Å². The van der Waals surface area contributed by atoms with Crippen LogP contribution in [0.15, 0.2) is 16.6 Å². The number of carbonyl (C=O) groups excluding carboxylic acids is 1. The molecule has 20 heavy (non-hydrogen) atoms. The van der Waals surface area contributed by atoms with Gasteiger partial charge in [0.1, 0.15) is 0 Å². The molecule has 3 N–H and O–H groups in total. The maximum atomic E-state index is 11.8. The number of aliphatic carboxylic acids is 1. The predicted octanol–water partition coefficient (Wildman–Crippen LogP) is 3.79. The van der Waals surface area contributed by atoms with Crippen LogP contribution in [0.3, 0.4) is 0 Å². The zero-order valence-corrected chi connectivity index (χ0v) is 13.5. The Balaban J connectivity index is 2.71. The van der Waals surface area contributed by atoms with Gasteiger partial charge in [-0.3, -0.25) is 4.79 Å².